The van der Waals surface area contributed by atoms with Crippen LogP contribution in [0.1, 0.15) is 36.4 Å². The Morgan fingerprint density at radius 3 is 2.83 bits per heavy atom. The summed E-state index contributed by atoms with van der Waals surface area (Å²) in [5.41, 5.74) is 1.00. The lowest BCUT2D eigenvalue weighted by molar-refractivity contribution is -0.00897. The highest BCUT2D eigenvalue weighted by Crippen LogP contribution is 2.42. The van der Waals surface area contributed by atoms with E-state index in [2.05, 4.69) is 10.7 Å². The number of hydrogen-bond acceptors (Lipinski definition) is 5. The van der Waals surface area contributed by atoms with Gasteiger partial charge in [-0.1, -0.05) is 12.8 Å². The molecule has 0 amide bonds. The van der Waals surface area contributed by atoms with E-state index in [-0.39, 0.29) is 5.60 Å². The van der Waals surface area contributed by atoms with Gasteiger partial charge in [0.1, 0.15) is 10.6 Å². The monoisotopic (exact) mass is 270 g/mol. The molecular weight excluding hydrogens is 248 g/mol. The van der Waals surface area contributed by atoms with Crippen LogP contribution in [-0.2, 0) is 21.6 Å². The summed E-state index contributed by atoms with van der Waals surface area (Å²) in [5, 5.41) is 6.59. The van der Waals surface area contributed by atoms with Gasteiger partial charge in [-0.25, -0.2) is 4.98 Å². The van der Waals surface area contributed by atoms with E-state index in [4.69, 9.17) is 14.5 Å². The zero-order valence-corrected chi connectivity index (χ0v) is 12.0. The predicted molar refractivity (Wildman–Crippen MR) is 72.9 cm³/mol. The van der Waals surface area contributed by atoms with Crippen molar-refractivity contribution in [2.45, 2.75) is 37.8 Å². The third-order valence-electron chi connectivity index (χ3n) is 3.53. The van der Waals surface area contributed by atoms with Crippen molar-refractivity contribution in [1.82, 2.24) is 10.3 Å². The van der Waals surface area contributed by atoms with Crippen LogP contribution in [0.3, 0.4) is 0 Å². The Morgan fingerprint density at radius 1 is 1.39 bits per heavy atom. The van der Waals surface area contributed by atoms with Crippen molar-refractivity contribution in [2.75, 3.05) is 27.4 Å². The van der Waals surface area contributed by atoms with Gasteiger partial charge in [0.05, 0.1) is 12.3 Å². The summed E-state index contributed by atoms with van der Waals surface area (Å²) in [5.74, 6) is 0. The molecule has 1 aliphatic carbocycles. The Kier molecular flexibility index (Phi) is 5.12. The number of methoxy groups -OCH3 is 2. The molecule has 0 atom stereocenters. The van der Waals surface area contributed by atoms with Gasteiger partial charge in [-0.3, -0.25) is 0 Å². The SMILES string of the molecule is COCCNCc1csc(C2(OC)CCCC2)n1. The van der Waals surface area contributed by atoms with Crippen LogP contribution in [0, 0.1) is 0 Å². The molecule has 0 aliphatic heterocycles. The second kappa shape index (κ2) is 6.61. The highest BCUT2D eigenvalue weighted by molar-refractivity contribution is 7.09. The van der Waals surface area contributed by atoms with Crippen LogP contribution in [0.4, 0.5) is 0 Å². The Morgan fingerprint density at radius 2 is 2.17 bits per heavy atom. The molecule has 5 heteroatoms. The van der Waals surface area contributed by atoms with Gasteiger partial charge in [0.25, 0.3) is 0 Å². The van der Waals surface area contributed by atoms with Gasteiger partial charge in [-0.15, -0.1) is 11.3 Å². The maximum atomic E-state index is 5.75. The smallest absolute Gasteiger partial charge is 0.125 e. The van der Waals surface area contributed by atoms with E-state index >= 15 is 0 Å². The van der Waals surface area contributed by atoms with Crippen LogP contribution >= 0.6 is 11.3 Å². The van der Waals surface area contributed by atoms with E-state index in [9.17, 15) is 0 Å². The molecule has 1 N–H and O–H groups in total. The number of thiazole rings is 1. The molecule has 0 unspecified atom stereocenters. The molecule has 1 aliphatic rings. The summed E-state index contributed by atoms with van der Waals surface area (Å²) in [4.78, 5) is 4.72. The number of hydrogen-bond donors (Lipinski definition) is 1. The fourth-order valence-corrected chi connectivity index (χ4v) is 3.50. The molecule has 1 aromatic heterocycles. The van der Waals surface area contributed by atoms with Gasteiger partial charge in [-0.05, 0) is 12.8 Å². The van der Waals surface area contributed by atoms with E-state index in [0.717, 1.165) is 43.2 Å². The molecule has 0 bridgehead atoms. The quantitative estimate of drug-likeness (QED) is 0.772. The fourth-order valence-electron chi connectivity index (χ4n) is 2.44. The number of aromatic nitrogens is 1. The topological polar surface area (TPSA) is 43.4 Å². The number of nitrogens with one attached hydrogen (secondary N) is 1. The van der Waals surface area contributed by atoms with E-state index in [0.29, 0.717) is 0 Å². The molecule has 18 heavy (non-hydrogen) atoms. The lowest BCUT2D eigenvalue weighted by Gasteiger charge is -2.24. The van der Waals surface area contributed by atoms with Gasteiger partial charge >= 0.3 is 0 Å². The first-order valence-corrected chi connectivity index (χ1v) is 7.38. The Hall–Kier alpha value is -0.490. The Labute approximate surface area is 113 Å². The fraction of sp³-hybridized carbons (Fsp3) is 0.769. The summed E-state index contributed by atoms with van der Waals surface area (Å²) in [6.07, 6.45) is 4.70. The van der Waals surface area contributed by atoms with Crippen molar-refractivity contribution >= 4 is 11.3 Å². The third kappa shape index (κ3) is 3.09. The second-order valence-electron chi connectivity index (χ2n) is 4.72. The average molecular weight is 270 g/mol. The van der Waals surface area contributed by atoms with Crippen molar-refractivity contribution in [1.29, 1.82) is 0 Å². The molecule has 1 fully saturated rings. The lowest BCUT2D eigenvalue weighted by Crippen LogP contribution is -2.24. The first-order valence-electron chi connectivity index (χ1n) is 6.50. The van der Waals surface area contributed by atoms with Gasteiger partial charge in [-0.2, -0.15) is 0 Å². The zero-order chi connectivity index (χ0) is 12.8. The number of nitrogens with zero attached hydrogens (tertiary/aromatic N) is 1. The minimum atomic E-state index is -0.102. The van der Waals surface area contributed by atoms with Crippen LogP contribution in [0.25, 0.3) is 0 Å². The molecule has 4 nitrogen and oxygen atoms in total. The van der Waals surface area contributed by atoms with E-state index in [1.54, 1.807) is 18.4 Å². The van der Waals surface area contributed by atoms with Gasteiger partial charge in [0, 0.05) is 32.7 Å². The number of rotatable bonds is 7. The average Bonchev–Trinajstić information content (AvgIpc) is 3.04. The van der Waals surface area contributed by atoms with E-state index in [1.807, 2.05) is 7.11 Å². The van der Waals surface area contributed by atoms with E-state index in [1.165, 1.54) is 12.8 Å². The number of ether oxygens (including phenoxy) is 2. The van der Waals surface area contributed by atoms with Crippen molar-refractivity contribution in [3.63, 3.8) is 0 Å². The maximum absolute atomic E-state index is 5.75. The second-order valence-corrected chi connectivity index (χ2v) is 5.58. The first kappa shape index (κ1) is 13.9. The molecule has 0 spiro atoms. The first-order chi connectivity index (χ1) is 8.80. The van der Waals surface area contributed by atoms with Crippen molar-refractivity contribution in [3.05, 3.63) is 16.1 Å². The highest BCUT2D eigenvalue weighted by Gasteiger charge is 2.38. The van der Waals surface area contributed by atoms with Crippen molar-refractivity contribution in [3.8, 4) is 0 Å². The molecule has 2 rings (SSSR count). The standard InChI is InChI=1S/C13H22N2O2S/c1-16-8-7-14-9-11-10-18-12(15-11)13(17-2)5-3-4-6-13/h10,14H,3-9H2,1-2H3. The third-order valence-corrected chi connectivity index (χ3v) is 4.61. The molecule has 102 valence electrons. The van der Waals surface area contributed by atoms with Crippen LogP contribution in [-0.4, -0.2) is 32.4 Å². The molecule has 0 saturated heterocycles. The van der Waals surface area contributed by atoms with Crippen molar-refractivity contribution < 1.29 is 9.47 Å². The predicted octanol–water partition coefficient (Wildman–Crippen LogP) is 2.29. The summed E-state index contributed by atoms with van der Waals surface area (Å²) < 4.78 is 10.7. The minimum Gasteiger partial charge on any atom is -0.383 e. The van der Waals surface area contributed by atoms with Crippen LogP contribution in [0.15, 0.2) is 5.38 Å². The molecule has 0 radical (unpaired) electrons. The zero-order valence-electron chi connectivity index (χ0n) is 11.2. The molecule has 1 heterocycles. The normalized spacial score (nSPS) is 18.3. The molecule has 1 aromatic rings. The Bertz CT molecular complexity index is 362. The maximum Gasteiger partial charge on any atom is 0.125 e. The van der Waals surface area contributed by atoms with Crippen LogP contribution in [0.2, 0.25) is 0 Å². The highest BCUT2D eigenvalue weighted by atomic mass is 32.1. The summed E-state index contributed by atoms with van der Waals surface area (Å²) >= 11 is 1.73. The summed E-state index contributed by atoms with van der Waals surface area (Å²) in [6, 6.07) is 0. The van der Waals surface area contributed by atoms with Gasteiger partial charge < -0.3 is 14.8 Å². The summed E-state index contributed by atoms with van der Waals surface area (Å²) in [6.45, 7) is 2.40. The van der Waals surface area contributed by atoms with Crippen molar-refractivity contribution in [2.24, 2.45) is 0 Å². The molecular formula is C13H22N2O2S. The Balaban J connectivity index is 1.92. The lowest BCUT2D eigenvalue weighted by atomic mass is 10.0. The molecule has 0 aromatic carbocycles. The van der Waals surface area contributed by atoms with Crippen LogP contribution < -0.4 is 5.32 Å². The van der Waals surface area contributed by atoms with E-state index < -0.39 is 0 Å². The van der Waals surface area contributed by atoms with Gasteiger partial charge in [0.15, 0.2) is 0 Å². The van der Waals surface area contributed by atoms with Crippen LogP contribution in [0.5, 0.6) is 0 Å². The minimum absolute atomic E-state index is 0.102. The summed E-state index contributed by atoms with van der Waals surface area (Å²) in [7, 11) is 3.52. The van der Waals surface area contributed by atoms with Gasteiger partial charge in [0.2, 0.25) is 0 Å². The largest absolute Gasteiger partial charge is 0.383 e. The molecule has 1 saturated carbocycles.